The Balaban J connectivity index is 2.25. The molecule has 2 aromatic carbocycles. The molecule has 0 saturated carbocycles. The molecular formula is C15H8FNO. The lowest BCUT2D eigenvalue weighted by atomic mass is 10.1. The summed E-state index contributed by atoms with van der Waals surface area (Å²) >= 11 is 0. The van der Waals surface area contributed by atoms with Crippen LogP contribution in [0.15, 0.2) is 42.5 Å². The van der Waals surface area contributed by atoms with Crippen LogP contribution in [0.5, 0.6) is 5.75 Å². The largest absolute Gasteiger partial charge is 0.505 e. The summed E-state index contributed by atoms with van der Waals surface area (Å²) < 4.78 is 13.0. The van der Waals surface area contributed by atoms with Crippen molar-refractivity contribution in [2.45, 2.75) is 0 Å². The van der Waals surface area contributed by atoms with Crippen LogP contribution >= 0.6 is 0 Å². The number of phenols is 1. The molecule has 0 bridgehead atoms. The summed E-state index contributed by atoms with van der Waals surface area (Å²) in [4.78, 5) is 0. The maximum Gasteiger partial charge on any atom is 0.166 e. The molecule has 2 aromatic rings. The van der Waals surface area contributed by atoms with Gasteiger partial charge in [0, 0.05) is 11.1 Å². The van der Waals surface area contributed by atoms with Gasteiger partial charge in [0.2, 0.25) is 0 Å². The highest BCUT2D eigenvalue weighted by atomic mass is 19.1. The molecule has 0 spiro atoms. The van der Waals surface area contributed by atoms with Crippen molar-refractivity contribution < 1.29 is 9.50 Å². The molecule has 0 saturated heterocycles. The van der Waals surface area contributed by atoms with E-state index >= 15 is 0 Å². The molecule has 0 radical (unpaired) electrons. The van der Waals surface area contributed by atoms with E-state index in [0.717, 1.165) is 5.56 Å². The number of aromatic hydroxyl groups is 1. The Labute approximate surface area is 104 Å². The molecule has 0 aliphatic rings. The first-order valence-electron chi connectivity index (χ1n) is 5.20. The standard InChI is InChI=1S/C15H8FNO/c16-14-9-12(7-8-15(14)18)4-1-11-2-5-13(10-17)6-3-11/h2-3,5-9,18H. The predicted octanol–water partition coefficient (Wildman–Crippen LogP) is 2.80. The lowest BCUT2D eigenvalue weighted by Crippen LogP contribution is -1.80. The first-order valence-corrected chi connectivity index (χ1v) is 5.20. The zero-order chi connectivity index (χ0) is 13.0. The highest BCUT2D eigenvalue weighted by molar-refractivity contribution is 5.46. The first-order chi connectivity index (χ1) is 8.69. The van der Waals surface area contributed by atoms with Crippen LogP contribution in [0.1, 0.15) is 16.7 Å². The zero-order valence-electron chi connectivity index (χ0n) is 9.31. The van der Waals surface area contributed by atoms with Crippen LogP contribution in [-0.2, 0) is 0 Å². The molecule has 18 heavy (non-hydrogen) atoms. The van der Waals surface area contributed by atoms with E-state index in [-0.39, 0.29) is 5.75 Å². The molecule has 86 valence electrons. The zero-order valence-corrected chi connectivity index (χ0v) is 9.31. The molecule has 2 rings (SSSR count). The minimum Gasteiger partial charge on any atom is -0.505 e. The minimum atomic E-state index is -0.693. The van der Waals surface area contributed by atoms with Crippen LogP contribution in [0.3, 0.4) is 0 Å². The summed E-state index contributed by atoms with van der Waals surface area (Å²) in [5.41, 5.74) is 1.79. The van der Waals surface area contributed by atoms with Gasteiger partial charge in [-0.25, -0.2) is 4.39 Å². The van der Waals surface area contributed by atoms with Crippen LogP contribution in [0, 0.1) is 29.0 Å². The van der Waals surface area contributed by atoms with Gasteiger partial charge in [-0.3, -0.25) is 0 Å². The summed E-state index contributed by atoms with van der Waals surface area (Å²) in [5, 5.41) is 17.7. The maximum atomic E-state index is 13.0. The molecule has 0 heterocycles. The summed E-state index contributed by atoms with van der Waals surface area (Å²) in [6.45, 7) is 0. The number of halogens is 1. The van der Waals surface area contributed by atoms with Crippen molar-refractivity contribution in [2.75, 3.05) is 0 Å². The van der Waals surface area contributed by atoms with E-state index in [1.807, 2.05) is 6.07 Å². The number of nitrogens with zero attached hydrogens (tertiary/aromatic N) is 1. The second-order valence-electron chi connectivity index (χ2n) is 3.61. The third-order valence-electron chi connectivity index (χ3n) is 2.31. The summed E-state index contributed by atoms with van der Waals surface area (Å²) in [6, 6.07) is 12.8. The number of phenolic OH excluding ortho intramolecular Hbond substituents is 1. The topological polar surface area (TPSA) is 44.0 Å². The first kappa shape index (κ1) is 11.7. The Kier molecular flexibility index (Phi) is 3.27. The number of nitriles is 1. The Bertz CT molecular complexity index is 672. The highest BCUT2D eigenvalue weighted by Gasteiger charge is 1.98. The lowest BCUT2D eigenvalue weighted by molar-refractivity contribution is 0.432. The molecule has 0 unspecified atom stereocenters. The van der Waals surface area contributed by atoms with Gasteiger partial charge in [0.25, 0.3) is 0 Å². The number of benzene rings is 2. The Morgan fingerprint density at radius 1 is 0.889 bits per heavy atom. The molecule has 0 aliphatic carbocycles. The monoisotopic (exact) mass is 237 g/mol. The maximum absolute atomic E-state index is 13.0. The molecule has 3 heteroatoms. The van der Waals surface area contributed by atoms with Crippen molar-refractivity contribution in [1.29, 1.82) is 5.26 Å². The molecule has 0 fully saturated rings. The van der Waals surface area contributed by atoms with Gasteiger partial charge in [-0.2, -0.15) is 5.26 Å². The van der Waals surface area contributed by atoms with Crippen molar-refractivity contribution >= 4 is 0 Å². The summed E-state index contributed by atoms with van der Waals surface area (Å²) in [5.74, 6) is 4.55. The fourth-order valence-electron chi connectivity index (χ4n) is 1.36. The van der Waals surface area contributed by atoms with Crippen molar-refractivity contribution in [3.8, 4) is 23.7 Å². The molecular weight excluding hydrogens is 229 g/mol. The Hall–Kier alpha value is -2.78. The minimum absolute atomic E-state index is 0.390. The lowest BCUT2D eigenvalue weighted by Gasteiger charge is -1.94. The van der Waals surface area contributed by atoms with Crippen molar-refractivity contribution in [3.05, 3.63) is 65.0 Å². The van der Waals surface area contributed by atoms with Gasteiger partial charge < -0.3 is 5.11 Å². The van der Waals surface area contributed by atoms with E-state index in [9.17, 15) is 4.39 Å². The van der Waals surface area contributed by atoms with Gasteiger partial charge in [-0.15, -0.1) is 0 Å². The summed E-state index contributed by atoms with van der Waals surface area (Å²) in [7, 11) is 0. The summed E-state index contributed by atoms with van der Waals surface area (Å²) in [6.07, 6.45) is 0. The molecule has 0 aromatic heterocycles. The van der Waals surface area contributed by atoms with E-state index in [0.29, 0.717) is 11.1 Å². The fourth-order valence-corrected chi connectivity index (χ4v) is 1.36. The SMILES string of the molecule is N#Cc1ccc(C#Cc2ccc(O)c(F)c2)cc1. The molecule has 2 nitrogen and oxygen atoms in total. The van der Waals surface area contributed by atoms with Crippen molar-refractivity contribution in [2.24, 2.45) is 0 Å². The normalized spacial score (nSPS) is 9.11. The van der Waals surface area contributed by atoms with Crippen LogP contribution in [0.4, 0.5) is 4.39 Å². The van der Waals surface area contributed by atoms with Crippen molar-refractivity contribution in [3.63, 3.8) is 0 Å². The third kappa shape index (κ3) is 2.66. The van der Waals surface area contributed by atoms with Crippen LogP contribution in [0.25, 0.3) is 0 Å². The van der Waals surface area contributed by atoms with E-state index < -0.39 is 5.82 Å². The van der Waals surface area contributed by atoms with Crippen LogP contribution in [0.2, 0.25) is 0 Å². The molecule has 0 aliphatic heterocycles. The van der Waals surface area contributed by atoms with Crippen molar-refractivity contribution in [1.82, 2.24) is 0 Å². The smallest absolute Gasteiger partial charge is 0.166 e. The van der Waals surface area contributed by atoms with E-state index in [1.165, 1.54) is 18.2 Å². The number of rotatable bonds is 0. The van der Waals surface area contributed by atoms with Gasteiger partial charge in [0.1, 0.15) is 0 Å². The number of hydrogen-bond acceptors (Lipinski definition) is 2. The third-order valence-corrected chi connectivity index (χ3v) is 2.31. The highest BCUT2D eigenvalue weighted by Crippen LogP contribution is 2.15. The average Bonchev–Trinajstić information content (AvgIpc) is 2.41. The van der Waals surface area contributed by atoms with Gasteiger partial charge in [-0.1, -0.05) is 11.8 Å². The average molecular weight is 237 g/mol. The number of hydrogen-bond donors (Lipinski definition) is 1. The van der Waals surface area contributed by atoms with Gasteiger partial charge >= 0.3 is 0 Å². The van der Waals surface area contributed by atoms with E-state index in [4.69, 9.17) is 10.4 Å². The van der Waals surface area contributed by atoms with E-state index in [2.05, 4.69) is 11.8 Å². The second kappa shape index (κ2) is 5.03. The Morgan fingerprint density at radius 3 is 2.06 bits per heavy atom. The fraction of sp³-hybridized carbons (Fsp3) is 0. The van der Waals surface area contributed by atoms with Gasteiger partial charge in [0.05, 0.1) is 11.6 Å². The van der Waals surface area contributed by atoms with Gasteiger partial charge in [-0.05, 0) is 42.5 Å². The molecule has 0 amide bonds. The second-order valence-corrected chi connectivity index (χ2v) is 3.61. The van der Waals surface area contributed by atoms with Crippen LogP contribution in [-0.4, -0.2) is 5.11 Å². The van der Waals surface area contributed by atoms with E-state index in [1.54, 1.807) is 24.3 Å². The predicted molar refractivity (Wildman–Crippen MR) is 65.2 cm³/mol. The Morgan fingerprint density at radius 2 is 1.44 bits per heavy atom. The molecule has 1 N–H and O–H groups in total. The quantitative estimate of drug-likeness (QED) is 0.716. The van der Waals surface area contributed by atoms with Gasteiger partial charge in [0.15, 0.2) is 11.6 Å². The van der Waals surface area contributed by atoms with Crippen LogP contribution < -0.4 is 0 Å². The molecule has 0 atom stereocenters.